The minimum absolute atomic E-state index is 0.0481. The number of ether oxygens (including phenoxy) is 2. The molecule has 0 spiro atoms. The minimum atomic E-state index is -4.93. The van der Waals surface area contributed by atoms with E-state index < -0.39 is 41.2 Å². The fraction of sp³-hybridized carbons (Fsp3) is 0.105. The van der Waals surface area contributed by atoms with Gasteiger partial charge >= 0.3 is 12.5 Å². The van der Waals surface area contributed by atoms with E-state index >= 15 is 0 Å². The molecule has 2 aromatic heterocycles. The smallest absolute Gasteiger partial charge is 0.573 e. The molecule has 0 bridgehead atoms. The van der Waals surface area contributed by atoms with Gasteiger partial charge in [0, 0.05) is 18.3 Å². The number of nitrogens with zero attached hydrogens (tertiary/aromatic N) is 2. The molecule has 0 unspecified atom stereocenters. The number of carbonyl (C=O) groups is 1. The van der Waals surface area contributed by atoms with Gasteiger partial charge in [-0.05, 0) is 30.3 Å². The second-order valence-electron chi connectivity index (χ2n) is 6.09. The van der Waals surface area contributed by atoms with Crippen molar-refractivity contribution in [3.8, 4) is 17.2 Å². The Morgan fingerprint density at radius 1 is 1.03 bits per heavy atom. The topological polar surface area (TPSA) is 87.4 Å². The molecule has 1 amide bonds. The summed E-state index contributed by atoms with van der Waals surface area (Å²) in [6.45, 7) is 0. The monoisotopic (exact) mass is 459 g/mol. The van der Waals surface area contributed by atoms with Crippen molar-refractivity contribution >= 4 is 11.6 Å². The Morgan fingerprint density at radius 3 is 2.28 bits per heavy atom. The van der Waals surface area contributed by atoms with E-state index in [9.17, 15) is 36.3 Å². The van der Waals surface area contributed by atoms with Crippen LogP contribution in [0.2, 0.25) is 0 Å². The van der Waals surface area contributed by atoms with Crippen LogP contribution in [0.15, 0.2) is 61.1 Å². The molecular formula is C19H11F6N3O4. The van der Waals surface area contributed by atoms with Gasteiger partial charge < -0.3 is 20.0 Å². The molecular weight excluding hydrogens is 448 g/mol. The van der Waals surface area contributed by atoms with Crippen LogP contribution in [0.25, 0.3) is 0 Å². The fourth-order valence-corrected chi connectivity index (χ4v) is 2.41. The summed E-state index contributed by atoms with van der Waals surface area (Å²) in [5, 5.41) is 13.6. The molecule has 0 atom stereocenters. The number of hydrogen-bond donors (Lipinski definition) is 1. The summed E-state index contributed by atoms with van der Waals surface area (Å²) in [5.41, 5.74) is -1.74. The van der Waals surface area contributed by atoms with Gasteiger partial charge in [0.05, 0.1) is 0 Å². The molecule has 3 rings (SSSR count). The number of halogens is 6. The quantitative estimate of drug-likeness (QED) is 0.340. The summed E-state index contributed by atoms with van der Waals surface area (Å²) < 4.78 is 85.4. The average Bonchev–Trinajstić information content (AvgIpc) is 2.67. The molecule has 13 heteroatoms. The zero-order chi connectivity index (χ0) is 23.5. The molecule has 0 radical (unpaired) electrons. The maximum atomic E-state index is 13.1. The van der Waals surface area contributed by atoms with E-state index in [1.807, 2.05) is 0 Å². The van der Waals surface area contributed by atoms with E-state index in [2.05, 4.69) is 15.0 Å². The van der Waals surface area contributed by atoms with Crippen LogP contribution in [0.3, 0.4) is 0 Å². The summed E-state index contributed by atoms with van der Waals surface area (Å²) in [6, 6.07) is 6.94. The number of anilines is 1. The molecule has 0 saturated heterocycles. The van der Waals surface area contributed by atoms with Crippen LogP contribution >= 0.6 is 0 Å². The van der Waals surface area contributed by atoms with Gasteiger partial charge in [0.1, 0.15) is 34.2 Å². The first-order valence-electron chi connectivity index (χ1n) is 8.52. The predicted octanol–water partition coefficient (Wildman–Crippen LogP) is 4.68. The van der Waals surface area contributed by atoms with E-state index in [4.69, 9.17) is 4.74 Å². The predicted molar refractivity (Wildman–Crippen MR) is 95.8 cm³/mol. The van der Waals surface area contributed by atoms with E-state index in [-0.39, 0.29) is 11.4 Å². The molecule has 168 valence electrons. The number of rotatable bonds is 5. The first-order valence-corrected chi connectivity index (χ1v) is 8.52. The van der Waals surface area contributed by atoms with Crippen LogP contribution in [0.4, 0.5) is 32.0 Å². The van der Waals surface area contributed by atoms with Crippen molar-refractivity contribution in [3.63, 3.8) is 0 Å². The molecule has 3 aromatic rings. The number of alkyl halides is 6. The Morgan fingerprint density at radius 2 is 1.69 bits per heavy atom. The van der Waals surface area contributed by atoms with Crippen molar-refractivity contribution in [1.29, 1.82) is 0 Å². The number of aromatic nitrogens is 2. The van der Waals surface area contributed by atoms with E-state index in [0.717, 1.165) is 36.7 Å². The van der Waals surface area contributed by atoms with Crippen molar-refractivity contribution < 1.29 is 45.3 Å². The molecule has 1 N–H and O–H groups in total. The SMILES string of the molecule is O=C(Nc1ccc[n+]([O-])c1)c1cnc(C(F)(F)F)cc1Oc1ccc(OC(F)(F)F)cc1. The number of carbonyl (C=O) groups excluding carboxylic acids is 1. The standard InChI is InChI=1S/C19H11F6N3O4/c20-18(21,22)16-8-15(31-12-3-5-13(6-4-12)32-19(23,24)25)14(9-26-16)17(29)27-11-2-1-7-28(30)10-11/h1-10H,(H,27,29). The van der Waals surface area contributed by atoms with Crippen molar-refractivity contribution in [1.82, 2.24) is 4.98 Å². The summed E-state index contributed by atoms with van der Waals surface area (Å²) in [6.07, 6.45) is -7.00. The van der Waals surface area contributed by atoms with Gasteiger partial charge in [-0.1, -0.05) is 0 Å². The Hall–Kier alpha value is -4.03. The van der Waals surface area contributed by atoms with Crippen LogP contribution in [-0.2, 0) is 6.18 Å². The minimum Gasteiger partial charge on any atom is -0.619 e. The lowest BCUT2D eigenvalue weighted by molar-refractivity contribution is -0.604. The lowest BCUT2D eigenvalue weighted by atomic mass is 10.2. The lowest BCUT2D eigenvalue weighted by Crippen LogP contribution is -2.25. The Balaban J connectivity index is 1.90. The third-order valence-corrected chi connectivity index (χ3v) is 3.72. The third-order valence-electron chi connectivity index (χ3n) is 3.72. The Labute approximate surface area is 175 Å². The highest BCUT2D eigenvalue weighted by molar-refractivity contribution is 6.05. The summed E-state index contributed by atoms with van der Waals surface area (Å²) >= 11 is 0. The van der Waals surface area contributed by atoms with Gasteiger partial charge in [-0.2, -0.15) is 17.9 Å². The van der Waals surface area contributed by atoms with Crippen molar-refractivity contribution in [3.05, 3.63) is 77.5 Å². The van der Waals surface area contributed by atoms with Gasteiger partial charge in [-0.15, -0.1) is 13.2 Å². The fourth-order valence-electron chi connectivity index (χ4n) is 2.41. The average molecular weight is 459 g/mol. The maximum absolute atomic E-state index is 13.1. The second kappa shape index (κ2) is 8.61. The first-order chi connectivity index (χ1) is 14.9. The van der Waals surface area contributed by atoms with Gasteiger partial charge in [0.2, 0.25) is 6.20 Å². The maximum Gasteiger partial charge on any atom is 0.573 e. The first kappa shape index (κ1) is 22.7. The number of benzene rings is 1. The van der Waals surface area contributed by atoms with Gasteiger partial charge in [0.15, 0.2) is 6.20 Å². The Kier molecular flexibility index (Phi) is 6.09. The van der Waals surface area contributed by atoms with Crippen LogP contribution in [0.1, 0.15) is 16.1 Å². The highest BCUT2D eigenvalue weighted by atomic mass is 19.4. The highest BCUT2D eigenvalue weighted by Crippen LogP contribution is 2.34. The number of amides is 1. The Bertz CT molecular complexity index is 1120. The highest BCUT2D eigenvalue weighted by Gasteiger charge is 2.34. The molecule has 0 aliphatic carbocycles. The molecule has 0 aliphatic rings. The zero-order valence-corrected chi connectivity index (χ0v) is 15.6. The van der Waals surface area contributed by atoms with Crippen molar-refractivity contribution in [2.24, 2.45) is 0 Å². The largest absolute Gasteiger partial charge is 0.619 e. The molecule has 0 fully saturated rings. The number of nitrogens with one attached hydrogen (secondary N) is 1. The van der Waals surface area contributed by atoms with Crippen molar-refractivity contribution in [2.45, 2.75) is 12.5 Å². The van der Waals surface area contributed by atoms with Gasteiger partial charge in [-0.25, -0.2) is 0 Å². The van der Waals surface area contributed by atoms with E-state index in [1.165, 1.54) is 12.1 Å². The second-order valence-corrected chi connectivity index (χ2v) is 6.09. The molecule has 1 aromatic carbocycles. The van der Waals surface area contributed by atoms with Crippen LogP contribution < -0.4 is 19.5 Å². The molecule has 0 aliphatic heterocycles. The van der Waals surface area contributed by atoms with Gasteiger partial charge in [0.25, 0.3) is 5.91 Å². The van der Waals surface area contributed by atoms with E-state index in [0.29, 0.717) is 17.0 Å². The van der Waals surface area contributed by atoms with Crippen molar-refractivity contribution in [2.75, 3.05) is 5.32 Å². The van der Waals surface area contributed by atoms with Crippen LogP contribution in [-0.4, -0.2) is 17.3 Å². The summed E-state index contributed by atoms with van der Waals surface area (Å²) in [5.74, 6) is -2.27. The molecule has 32 heavy (non-hydrogen) atoms. The third kappa shape index (κ3) is 6.00. The lowest BCUT2D eigenvalue weighted by Gasteiger charge is -2.14. The van der Waals surface area contributed by atoms with Gasteiger partial charge in [-0.3, -0.25) is 9.78 Å². The number of hydrogen-bond acceptors (Lipinski definition) is 5. The normalized spacial score (nSPS) is 11.7. The number of pyridine rings is 2. The molecule has 0 saturated carbocycles. The van der Waals surface area contributed by atoms with Crippen LogP contribution in [0.5, 0.6) is 17.2 Å². The summed E-state index contributed by atoms with van der Waals surface area (Å²) in [7, 11) is 0. The zero-order valence-electron chi connectivity index (χ0n) is 15.6. The van der Waals surface area contributed by atoms with Crippen LogP contribution in [0, 0.1) is 5.21 Å². The molecule has 7 nitrogen and oxygen atoms in total. The van der Waals surface area contributed by atoms with E-state index in [1.54, 1.807) is 0 Å². The summed E-state index contributed by atoms with van der Waals surface area (Å²) in [4.78, 5) is 15.7. The molecule has 2 heterocycles.